The first kappa shape index (κ1) is 16.9. The molecule has 0 saturated heterocycles. The SMILES string of the molecule is CCOc1cc(-c2ccccc2)nc2ccc(NC(=O)COC)cc12. The van der Waals surface area contributed by atoms with Gasteiger partial charge in [-0.2, -0.15) is 0 Å². The highest BCUT2D eigenvalue weighted by molar-refractivity contribution is 5.96. The number of methoxy groups -OCH3 is 1. The van der Waals surface area contributed by atoms with E-state index in [4.69, 9.17) is 14.5 Å². The van der Waals surface area contributed by atoms with Crippen molar-refractivity contribution in [3.63, 3.8) is 0 Å². The predicted octanol–water partition coefficient (Wildman–Crippen LogP) is 3.89. The van der Waals surface area contributed by atoms with Gasteiger partial charge in [-0.05, 0) is 25.1 Å². The number of benzene rings is 2. The van der Waals surface area contributed by atoms with Crippen LogP contribution in [0, 0.1) is 0 Å². The molecule has 0 saturated carbocycles. The average molecular weight is 336 g/mol. The molecule has 2 aromatic carbocycles. The number of pyridine rings is 1. The van der Waals surface area contributed by atoms with Crippen LogP contribution in [-0.4, -0.2) is 31.2 Å². The second-order valence-corrected chi connectivity index (χ2v) is 5.52. The van der Waals surface area contributed by atoms with E-state index in [0.29, 0.717) is 12.3 Å². The van der Waals surface area contributed by atoms with Gasteiger partial charge < -0.3 is 14.8 Å². The summed E-state index contributed by atoms with van der Waals surface area (Å²) in [6.07, 6.45) is 0. The topological polar surface area (TPSA) is 60.5 Å². The number of amides is 1. The highest BCUT2D eigenvalue weighted by Crippen LogP contribution is 2.31. The van der Waals surface area contributed by atoms with Crippen molar-refractivity contribution in [1.29, 1.82) is 0 Å². The molecule has 0 atom stereocenters. The quantitative estimate of drug-likeness (QED) is 0.742. The van der Waals surface area contributed by atoms with Gasteiger partial charge in [0.1, 0.15) is 12.4 Å². The molecule has 0 unspecified atom stereocenters. The van der Waals surface area contributed by atoms with Crippen molar-refractivity contribution >= 4 is 22.5 Å². The summed E-state index contributed by atoms with van der Waals surface area (Å²) in [5.41, 5.74) is 3.38. The van der Waals surface area contributed by atoms with E-state index in [9.17, 15) is 4.79 Å². The van der Waals surface area contributed by atoms with E-state index in [2.05, 4.69) is 5.32 Å². The van der Waals surface area contributed by atoms with Crippen LogP contribution in [0.1, 0.15) is 6.92 Å². The van der Waals surface area contributed by atoms with Gasteiger partial charge >= 0.3 is 0 Å². The molecule has 1 N–H and O–H groups in total. The second kappa shape index (κ2) is 7.77. The Hall–Kier alpha value is -2.92. The second-order valence-electron chi connectivity index (χ2n) is 5.52. The van der Waals surface area contributed by atoms with E-state index in [1.54, 1.807) is 0 Å². The van der Waals surface area contributed by atoms with Crippen LogP contribution in [0.4, 0.5) is 5.69 Å². The normalized spacial score (nSPS) is 10.6. The van der Waals surface area contributed by atoms with E-state index in [0.717, 1.165) is 27.9 Å². The lowest BCUT2D eigenvalue weighted by Crippen LogP contribution is -2.17. The fourth-order valence-electron chi connectivity index (χ4n) is 2.63. The molecule has 0 fully saturated rings. The van der Waals surface area contributed by atoms with Crippen molar-refractivity contribution in [2.75, 3.05) is 25.6 Å². The van der Waals surface area contributed by atoms with Crippen LogP contribution < -0.4 is 10.1 Å². The maximum absolute atomic E-state index is 11.7. The third-order valence-corrected chi connectivity index (χ3v) is 3.70. The van der Waals surface area contributed by atoms with E-state index in [1.807, 2.05) is 61.5 Å². The largest absolute Gasteiger partial charge is 0.493 e. The molecule has 0 radical (unpaired) electrons. The number of anilines is 1. The minimum absolute atomic E-state index is 0.0154. The van der Waals surface area contributed by atoms with Gasteiger partial charge in [-0.25, -0.2) is 4.98 Å². The Morgan fingerprint density at radius 3 is 2.64 bits per heavy atom. The zero-order valence-electron chi connectivity index (χ0n) is 14.3. The van der Waals surface area contributed by atoms with Gasteiger partial charge in [0.25, 0.3) is 0 Å². The van der Waals surface area contributed by atoms with E-state index in [-0.39, 0.29) is 12.5 Å². The van der Waals surface area contributed by atoms with Gasteiger partial charge in [0.15, 0.2) is 0 Å². The van der Waals surface area contributed by atoms with E-state index < -0.39 is 0 Å². The number of carbonyl (C=O) groups excluding carboxylic acids is 1. The van der Waals surface area contributed by atoms with Crippen LogP contribution in [0.5, 0.6) is 5.75 Å². The molecule has 1 amide bonds. The van der Waals surface area contributed by atoms with Gasteiger partial charge in [-0.3, -0.25) is 4.79 Å². The molecule has 0 bridgehead atoms. The summed E-state index contributed by atoms with van der Waals surface area (Å²) in [7, 11) is 1.49. The van der Waals surface area contributed by atoms with Gasteiger partial charge in [0.2, 0.25) is 5.91 Å². The summed E-state index contributed by atoms with van der Waals surface area (Å²) < 4.78 is 10.7. The molecule has 0 aliphatic carbocycles. The van der Waals surface area contributed by atoms with Crippen molar-refractivity contribution < 1.29 is 14.3 Å². The summed E-state index contributed by atoms with van der Waals surface area (Å²) in [5, 5.41) is 3.66. The van der Waals surface area contributed by atoms with Crippen LogP contribution in [-0.2, 0) is 9.53 Å². The highest BCUT2D eigenvalue weighted by atomic mass is 16.5. The summed E-state index contributed by atoms with van der Waals surface area (Å²) in [6.45, 7) is 2.51. The number of nitrogens with zero attached hydrogens (tertiary/aromatic N) is 1. The molecule has 0 aliphatic heterocycles. The third-order valence-electron chi connectivity index (χ3n) is 3.70. The minimum Gasteiger partial charge on any atom is -0.493 e. The lowest BCUT2D eigenvalue weighted by molar-refractivity contribution is -0.119. The van der Waals surface area contributed by atoms with Crippen molar-refractivity contribution in [3.8, 4) is 17.0 Å². The van der Waals surface area contributed by atoms with Gasteiger partial charge in [-0.15, -0.1) is 0 Å². The Balaban J connectivity index is 2.04. The number of rotatable bonds is 6. The minimum atomic E-state index is -0.200. The predicted molar refractivity (Wildman–Crippen MR) is 98.9 cm³/mol. The Labute approximate surface area is 146 Å². The van der Waals surface area contributed by atoms with Crippen molar-refractivity contribution in [2.45, 2.75) is 6.92 Å². The first-order chi connectivity index (χ1) is 12.2. The van der Waals surface area contributed by atoms with Crippen molar-refractivity contribution in [2.24, 2.45) is 0 Å². The van der Waals surface area contributed by atoms with Crippen LogP contribution in [0.15, 0.2) is 54.6 Å². The summed E-state index contributed by atoms with van der Waals surface area (Å²) in [6, 6.07) is 17.5. The Morgan fingerprint density at radius 2 is 1.92 bits per heavy atom. The first-order valence-electron chi connectivity index (χ1n) is 8.13. The highest BCUT2D eigenvalue weighted by Gasteiger charge is 2.10. The summed E-state index contributed by atoms with van der Waals surface area (Å²) in [4.78, 5) is 16.4. The molecule has 5 nitrogen and oxygen atoms in total. The Kier molecular flexibility index (Phi) is 5.26. The molecular formula is C20H20N2O3. The van der Waals surface area contributed by atoms with Gasteiger partial charge in [0, 0.05) is 29.8 Å². The number of hydrogen-bond donors (Lipinski definition) is 1. The van der Waals surface area contributed by atoms with E-state index in [1.165, 1.54) is 7.11 Å². The standard InChI is InChI=1S/C20H20N2O3/c1-3-25-19-12-18(14-7-5-4-6-8-14)22-17-10-9-15(11-16(17)19)21-20(23)13-24-2/h4-12H,3,13H2,1-2H3,(H,21,23). The number of fused-ring (bicyclic) bond motifs is 1. The van der Waals surface area contributed by atoms with E-state index >= 15 is 0 Å². The Morgan fingerprint density at radius 1 is 1.12 bits per heavy atom. The molecule has 5 heteroatoms. The fourth-order valence-corrected chi connectivity index (χ4v) is 2.63. The first-order valence-corrected chi connectivity index (χ1v) is 8.13. The van der Waals surface area contributed by atoms with Crippen LogP contribution in [0.2, 0.25) is 0 Å². The number of carbonyl (C=O) groups is 1. The fraction of sp³-hybridized carbons (Fsp3) is 0.200. The lowest BCUT2D eigenvalue weighted by Gasteiger charge is -2.12. The number of aromatic nitrogens is 1. The summed E-state index contributed by atoms with van der Waals surface area (Å²) >= 11 is 0. The monoisotopic (exact) mass is 336 g/mol. The molecule has 3 rings (SSSR count). The molecular weight excluding hydrogens is 316 g/mol. The molecule has 0 spiro atoms. The maximum Gasteiger partial charge on any atom is 0.250 e. The molecule has 0 aliphatic rings. The molecule has 128 valence electrons. The number of hydrogen-bond acceptors (Lipinski definition) is 4. The maximum atomic E-state index is 11.7. The van der Waals surface area contributed by atoms with Gasteiger partial charge in [0.05, 0.1) is 17.8 Å². The molecule has 1 heterocycles. The van der Waals surface area contributed by atoms with Gasteiger partial charge in [-0.1, -0.05) is 30.3 Å². The number of ether oxygens (including phenoxy) is 2. The van der Waals surface area contributed by atoms with Crippen LogP contribution in [0.25, 0.3) is 22.2 Å². The molecule has 3 aromatic rings. The zero-order valence-corrected chi connectivity index (χ0v) is 14.3. The van der Waals surface area contributed by atoms with Crippen molar-refractivity contribution in [1.82, 2.24) is 4.98 Å². The molecule has 25 heavy (non-hydrogen) atoms. The van der Waals surface area contributed by atoms with Crippen molar-refractivity contribution in [3.05, 3.63) is 54.6 Å². The lowest BCUT2D eigenvalue weighted by atomic mass is 10.1. The molecule has 1 aromatic heterocycles. The smallest absolute Gasteiger partial charge is 0.250 e. The Bertz CT molecular complexity index is 879. The average Bonchev–Trinajstić information content (AvgIpc) is 2.63. The number of nitrogens with one attached hydrogen (secondary N) is 1. The summed E-state index contributed by atoms with van der Waals surface area (Å²) in [5.74, 6) is 0.544. The zero-order chi connectivity index (χ0) is 17.6. The third kappa shape index (κ3) is 3.95. The van der Waals surface area contributed by atoms with Crippen LogP contribution in [0.3, 0.4) is 0 Å². The van der Waals surface area contributed by atoms with Crippen LogP contribution >= 0.6 is 0 Å².